The summed E-state index contributed by atoms with van der Waals surface area (Å²) in [6.07, 6.45) is 7.06. The number of pyridine rings is 1. The first-order chi connectivity index (χ1) is 13.6. The van der Waals surface area contributed by atoms with Crippen molar-refractivity contribution >= 4 is 38.5 Å². The third-order valence-electron chi connectivity index (χ3n) is 5.50. The molecule has 4 N–H and O–H groups in total. The van der Waals surface area contributed by atoms with E-state index in [2.05, 4.69) is 35.6 Å². The number of para-hydroxylation sites is 1. The molecule has 4 aromatic rings. The fourth-order valence-electron chi connectivity index (χ4n) is 4.08. The van der Waals surface area contributed by atoms with Gasteiger partial charge in [-0.15, -0.1) is 0 Å². The van der Waals surface area contributed by atoms with Crippen LogP contribution < -0.4 is 15.6 Å². The predicted octanol–water partition coefficient (Wildman–Crippen LogP) is 3.47. The zero-order chi connectivity index (χ0) is 19.7. The molecule has 0 aliphatic heterocycles. The van der Waals surface area contributed by atoms with Crippen LogP contribution in [0, 0.1) is 6.92 Å². The van der Waals surface area contributed by atoms with Gasteiger partial charge in [-0.05, 0) is 37.9 Å². The van der Waals surface area contributed by atoms with Crippen LogP contribution in [-0.4, -0.2) is 24.0 Å². The minimum absolute atomic E-state index is 0.0249. The Bertz CT molecular complexity index is 1180. The van der Waals surface area contributed by atoms with Crippen LogP contribution in [0.4, 0.5) is 0 Å². The summed E-state index contributed by atoms with van der Waals surface area (Å²) in [5.41, 5.74) is 9.45. The number of aryl methyl sites for hydroxylation is 2. The molecular formula is C23H27N4O+. The van der Waals surface area contributed by atoms with Gasteiger partial charge in [-0.2, -0.15) is 0 Å². The molecule has 2 aromatic heterocycles. The van der Waals surface area contributed by atoms with E-state index in [9.17, 15) is 4.79 Å². The Morgan fingerprint density at radius 1 is 1.11 bits per heavy atom. The average Bonchev–Trinajstić information content (AvgIpc) is 3.08. The van der Waals surface area contributed by atoms with Gasteiger partial charge in [0.15, 0.2) is 12.4 Å². The molecule has 2 aromatic carbocycles. The van der Waals surface area contributed by atoms with Gasteiger partial charge in [-0.3, -0.25) is 4.79 Å². The first-order valence-corrected chi connectivity index (χ1v) is 9.92. The van der Waals surface area contributed by atoms with Crippen LogP contribution in [0.15, 0.2) is 42.7 Å². The first kappa shape index (κ1) is 18.4. The van der Waals surface area contributed by atoms with Gasteiger partial charge in [0.05, 0.1) is 16.5 Å². The van der Waals surface area contributed by atoms with E-state index in [4.69, 9.17) is 5.73 Å². The second-order valence-corrected chi connectivity index (χ2v) is 7.46. The van der Waals surface area contributed by atoms with Crippen molar-refractivity contribution in [1.82, 2.24) is 10.3 Å². The van der Waals surface area contributed by atoms with Crippen LogP contribution >= 0.6 is 0 Å². The normalized spacial score (nSPS) is 11.5. The van der Waals surface area contributed by atoms with Crippen molar-refractivity contribution < 1.29 is 9.36 Å². The number of aromatic amines is 1. The van der Waals surface area contributed by atoms with Gasteiger partial charge in [0.25, 0.3) is 5.91 Å². The Morgan fingerprint density at radius 2 is 1.93 bits per heavy atom. The molecule has 0 atom stereocenters. The highest BCUT2D eigenvalue weighted by Crippen LogP contribution is 2.36. The first-order valence-electron chi connectivity index (χ1n) is 9.92. The van der Waals surface area contributed by atoms with Gasteiger partial charge in [-0.25, -0.2) is 4.57 Å². The van der Waals surface area contributed by atoms with Gasteiger partial charge < -0.3 is 16.0 Å². The van der Waals surface area contributed by atoms with Crippen molar-refractivity contribution in [2.24, 2.45) is 12.8 Å². The van der Waals surface area contributed by atoms with E-state index >= 15 is 0 Å². The second kappa shape index (κ2) is 7.60. The number of rotatable bonds is 6. The number of fused-ring (bicyclic) bond motifs is 4. The summed E-state index contributed by atoms with van der Waals surface area (Å²) >= 11 is 0. The molecule has 5 nitrogen and oxygen atoms in total. The molecule has 0 aliphatic rings. The predicted molar refractivity (Wildman–Crippen MR) is 114 cm³/mol. The van der Waals surface area contributed by atoms with E-state index in [1.165, 1.54) is 5.56 Å². The highest BCUT2D eigenvalue weighted by atomic mass is 16.1. The molecule has 1 amide bonds. The van der Waals surface area contributed by atoms with Crippen LogP contribution in [-0.2, 0) is 7.05 Å². The Hall–Kier alpha value is -2.92. The third-order valence-corrected chi connectivity index (χ3v) is 5.50. The number of H-pyrrole nitrogens is 1. The average molecular weight is 375 g/mol. The number of benzene rings is 2. The maximum atomic E-state index is 13.2. The molecule has 0 bridgehead atoms. The molecule has 0 aliphatic carbocycles. The Morgan fingerprint density at radius 3 is 2.75 bits per heavy atom. The lowest BCUT2D eigenvalue weighted by atomic mass is 9.95. The van der Waals surface area contributed by atoms with Crippen molar-refractivity contribution in [2.45, 2.75) is 26.2 Å². The van der Waals surface area contributed by atoms with Crippen molar-refractivity contribution in [1.29, 1.82) is 0 Å². The minimum Gasteiger partial charge on any atom is -0.354 e. The largest absolute Gasteiger partial charge is 0.354 e. The maximum absolute atomic E-state index is 13.2. The van der Waals surface area contributed by atoms with E-state index in [-0.39, 0.29) is 5.91 Å². The lowest BCUT2D eigenvalue weighted by Gasteiger charge is -2.12. The van der Waals surface area contributed by atoms with Crippen LogP contribution in [0.1, 0.15) is 35.2 Å². The maximum Gasteiger partial charge on any atom is 0.254 e. The van der Waals surface area contributed by atoms with Crippen molar-refractivity contribution in [2.75, 3.05) is 13.1 Å². The van der Waals surface area contributed by atoms with Gasteiger partial charge in [0.2, 0.25) is 0 Å². The Balaban J connectivity index is 1.89. The van der Waals surface area contributed by atoms with E-state index in [0.29, 0.717) is 13.1 Å². The number of amides is 1. The van der Waals surface area contributed by atoms with Crippen molar-refractivity contribution in [3.05, 3.63) is 53.9 Å². The fourth-order valence-corrected chi connectivity index (χ4v) is 4.08. The standard InChI is InChI=1S/C23H26N4O/c1-15-18-14-27(2)13-10-16(18)21(23(28)25-12-7-3-6-11-24)22-20(15)17-8-4-5-9-19(17)26-22/h4-5,8-10,13-14H,3,6-7,11-12,24H2,1-2H3,(H,25,28)/p+1. The van der Waals surface area contributed by atoms with Gasteiger partial charge >= 0.3 is 0 Å². The van der Waals surface area contributed by atoms with E-state index in [1.54, 1.807) is 0 Å². The van der Waals surface area contributed by atoms with E-state index in [0.717, 1.165) is 57.4 Å². The minimum atomic E-state index is -0.0249. The number of nitrogens with two attached hydrogens (primary N) is 1. The summed E-state index contributed by atoms with van der Waals surface area (Å²) < 4.78 is 2.03. The number of hydrogen-bond donors (Lipinski definition) is 3. The molecule has 0 spiro atoms. The molecule has 0 saturated carbocycles. The lowest BCUT2D eigenvalue weighted by molar-refractivity contribution is -0.670. The quantitative estimate of drug-likeness (QED) is 0.357. The van der Waals surface area contributed by atoms with E-state index < -0.39 is 0 Å². The molecule has 2 heterocycles. The molecule has 0 unspecified atom stereocenters. The molecule has 144 valence electrons. The molecule has 0 radical (unpaired) electrons. The third kappa shape index (κ3) is 3.12. The Kier molecular flexibility index (Phi) is 5.01. The molecule has 5 heteroatoms. The summed E-state index contributed by atoms with van der Waals surface area (Å²) in [6, 6.07) is 10.3. The van der Waals surface area contributed by atoms with Crippen molar-refractivity contribution in [3.8, 4) is 0 Å². The highest BCUT2D eigenvalue weighted by molar-refractivity contribution is 6.24. The summed E-state index contributed by atoms with van der Waals surface area (Å²) in [4.78, 5) is 16.7. The fraction of sp³-hybridized carbons (Fsp3) is 0.304. The lowest BCUT2D eigenvalue weighted by Crippen LogP contribution is -2.28. The monoisotopic (exact) mass is 375 g/mol. The molecule has 4 rings (SSSR count). The van der Waals surface area contributed by atoms with Gasteiger partial charge in [0.1, 0.15) is 7.05 Å². The van der Waals surface area contributed by atoms with E-state index in [1.807, 2.05) is 36.0 Å². The zero-order valence-corrected chi connectivity index (χ0v) is 16.5. The Labute approximate surface area is 164 Å². The number of carbonyl (C=O) groups excluding carboxylic acids is 1. The molecule has 0 fully saturated rings. The summed E-state index contributed by atoms with van der Waals surface area (Å²) in [5, 5.41) is 7.48. The second-order valence-electron chi connectivity index (χ2n) is 7.46. The highest BCUT2D eigenvalue weighted by Gasteiger charge is 2.21. The van der Waals surface area contributed by atoms with Gasteiger partial charge in [0, 0.05) is 34.3 Å². The van der Waals surface area contributed by atoms with Gasteiger partial charge in [-0.1, -0.05) is 24.6 Å². The topological polar surface area (TPSA) is 74.8 Å². The summed E-state index contributed by atoms with van der Waals surface area (Å²) in [6.45, 7) is 3.50. The SMILES string of the molecule is Cc1c2c[n+](C)ccc2c(C(=O)NCCCCCN)c2[nH]c3ccccc3c12. The molecule has 0 saturated heterocycles. The smallest absolute Gasteiger partial charge is 0.254 e. The van der Waals surface area contributed by atoms with Crippen LogP contribution in [0.5, 0.6) is 0 Å². The number of aromatic nitrogens is 2. The van der Waals surface area contributed by atoms with Crippen molar-refractivity contribution in [3.63, 3.8) is 0 Å². The number of nitrogens with zero attached hydrogens (tertiary/aromatic N) is 1. The number of carbonyl (C=O) groups is 1. The van der Waals surface area contributed by atoms with Crippen LogP contribution in [0.2, 0.25) is 0 Å². The number of unbranched alkanes of at least 4 members (excludes halogenated alkanes) is 2. The molecule has 28 heavy (non-hydrogen) atoms. The summed E-state index contributed by atoms with van der Waals surface area (Å²) in [5.74, 6) is -0.0249. The van der Waals surface area contributed by atoms with Crippen LogP contribution in [0.25, 0.3) is 32.6 Å². The van der Waals surface area contributed by atoms with Crippen LogP contribution in [0.3, 0.4) is 0 Å². The number of hydrogen-bond acceptors (Lipinski definition) is 2. The zero-order valence-electron chi connectivity index (χ0n) is 16.5. The molecular weight excluding hydrogens is 348 g/mol. The number of nitrogens with one attached hydrogen (secondary N) is 2. The summed E-state index contributed by atoms with van der Waals surface area (Å²) in [7, 11) is 2.01.